The Balaban J connectivity index is 2.13. The van der Waals surface area contributed by atoms with E-state index in [-0.39, 0.29) is 11.2 Å². The number of imidazole rings is 2. The molecule has 3 aromatic heterocycles. The largest absolute Gasteiger partial charge is 0.497 e. The fourth-order valence-electron chi connectivity index (χ4n) is 3.56. The van der Waals surface area contributed by atoms with Crippen molar-refractivity contribution < 1.29 is 9.47 Å². The lowest BCUT2D eigenvalue weighted by Gasteiger charge is -2.12. The van der Waals surface area contributed by atoms with Gasteiger partial charge in [0.1, 0.15) is 11.5 Å². The van der Waals surface area contributed by atoms with Crippen LogP contribution in [-0.2, 0) is 13.6 Å². The maximum atomic E-state index is 12.9. The summed E-state index contributed by atoms with van der Waals surface area (Å²) in [4.78, 5) is 30.0. The standard InChI is InChI=1S/C19H21N5O4/c1-6-22-17(25)15-16(21(3)19(22)26)20-18-23(15)10-11(2)24(18)13-8-7-12(27-4)9-14(13)28-5/h7-10H,6H2,1-5H3. The van der Waals surface area contributed by atoms with Gasteiger partial charge >= 0.3 is 5.69 Å². The second kappa shape index (κ2) is 6.29. The third-order valence-electron chi connectivity index (χ3n) is 4.97. The molecule has 0 aliphatic heterocycles. The SMILES string of the molecule is CCn1c(=O)c2c(nc3n(-c4ccc(OC)cc4OC)c(C)cn23)n(C)c1=O. The predicted octanol–water partition coefficient (Wildman–Crippen LogP) is 1.48. The van der Waals surface area contributed by atoms with Crippen molar-refractivity contribution in [3.63, 3.8) is 0 Å². The number of aromatic nitrogens is 5. The number of aryl methyl sites for hydroxylation is 2. The fourth-order valence-corrected chi connectivity index (χ4v) is 3.56. The fraction of sp³-hybridized carbons (Fsp3) is 0.316. The number of fused-ring (bicyclic) bond motifs is 3. The lowest BCUT2D eigenvalue weighted by Crippen LogP contribution is -2.38. The van der Waals surface area contributed by atoms with Crippen molar-refractivity contribution in [2.75, 3.05) is 14.2 Å². The molecule has 3 heterocycles. The van der Waals surface area contributed by atoms with Crippen molar-refractivity contribution >= 4 is 16.9 Å². The summed E-state index contributed by atoms with van der Waals surface area (Å²) >= 11 is 0. The highest BCUT2D eigenvalue weighted by Crippen LogP contribution is 2.31. The van der Waals surface area contributed by atoms with Crippen LogP contribution in [0.15, 0.2) is 34.0 Å². The molecule has 9 heteroatoms. The molecule has 0 atom stereocenters. The van der Waals surface area contributed by atoms with E-state index in [2.05, 4.69) is 4.98 Å². The summed E-state index contributed by atoms with van der Waals surface area (Å²) in [6.07, 6.45) is 1.83. The van der Waals surface area contributed by atoms with Crippen LogP contribution in [0.5, 0.6) is 11.5 Å². The van der Waals surface area contributed by atoms with Crippen molar-refractivity contribution in [1.29, 1.82) is 0 Å². The minimum Gasteiger partial charge on any atom is -0.497 e. The van der Waals surface area contributed by atoms with Gasteiger partial charge in [-0.15, -0.1) is 0 Å². The van der Waals surface area contributed by atoms with E-state index in [1.807, 2.05) is 29.8 Å². The molecule has 9 nitrogen and oxygen atoms in total. The van der Waals surface area contributed by atoms with Gasteiger partial charge in [-0.05, 0) is 26.0 Å². The molecular weight excluding hydrogens is 362 g/mol. The number of rotatable bonds is 4. The van der Waals surface area contributed by atoms with Crippen LogP contribution in [0, 0.1) is 6.92 Å². The molecule has 0 spiro atoms. The third-order valence-corrected chi connectivity index (χ3v) is 4.97. The van der Waals surface area contributed by atoms with E-state index < -0.39 is 0 Å². The van der Waals surface area contributed by atoms with Gasteiger partial charge in [0.15, 0.2) is 11.2 Å². The first-order valence-electron chi connectivity index (χ1n) is 8.85. The Morgan fingerprint density at radius 3 is 2.54 bits per heavy atom. The van der Waals surface area contributed by atoms with Crippen LogP contribution in [0.3, 0.4) is 0 Å². The number of nitrogens with zero attached hydrogens (tertiary/aromatic N) is 5. The quantitative estimate of drug-likeness (QED) is 0.533. The molecule has 146 valence electrons. The summed E-state index contributed by atoms with van der Waals surface area (Å²) in [5.41, 5.74) is 1.60. The maximum absolute atomic E-state index is 12.9. The lowest BCUT2D eigenvalue weighted by molar-refractivity contribution is 0.393. The Hall–Kier alpha value is -3.49. The molecule has 0 unspecified atom stereocenters. The van der Waals surface area contributed by atoms with Crippen LogP contribution >= 0.6 is 0 Å². The third kappa shape index (κ3) is 2.29. The second-order valence-electron chi connectivity index (χ2n) is 6.49. The van der Waals surface area contributed by atoms with Crippen molar-refractivity contribution in [2.45, 2.75) is 20.4 Å². The van der Waals surface area contributed by atoms with Crippen molar-refractivity contribution in [1.82, 2.24) is 23.1 Å². The summed E-state index contributed by atoms with van der Waals surface area (Å²) in [6.45, 7) is 3.98. The van der Waals surface area contributed by atoms with Crippen molar-refractivity contribution in [2.24, 2.45) is 7.05 Å². The van der Waals surface area contributed by atoms with Gasteiger partial charge in [0.2, 0.25) is 5.78 Å². The van der Waals surface area contributed by atoms with E-state index in [4.69, 9.17) is 9.47 Å². The van der Waals surface area contributed by atoms with Gasteiger partial charge in [-0.25, -0.2) is 4.79 Å². The van der Waals surface area contributed by atoms with E-state index in [1.165, 1.54) is 9.13 Å². The average Bonchev–Trinajstić information content (AvgIpc) is 3.21. The Kier molecular flexibility index (Phi) is 4.02. The van der Waals surface area contributed by atoms with Crippen LogP contribution in [-0.4, -0.2) is 37.3 Å². The molecule has 0 radical (unpaired) electrons. The molecule has 0 bridgehead atoms. The van der Waals surface area contributed by atoms with Crippen LogP contribution in [0.2, 0.25) is 0 Å². The zero-order valence-electron chi connectivity index (χ0n) is 16.4. The molecule has 0 fully saturated rings. The molecule has 0 aliphatic carbocycles. The minimum absolute atomic E-state index is 0.292. The Bertz CT molecular complexity index is 1340. The van der Waals surface area contributed by atoms with E-state index in [0.29, 0.717) is 35.0 Å². The molecule has 0 N–H and O–H groups in total. The van der Waals surface area contributed by atoms with E-state index in [0.717, 1.165) is 11.4 Å². The minimum atomic E-state index is -0.383. The van der Waals surface area contributed by atoms with Gasteiger partial charge in [-0.2, -0.15) is 4.98 Å². The molecular formula is C19H21N5O4. The first-order valence-corrected chi connectivity index (χ1v) is 8.85. The first-order chi connectivity index (χ1) is 13.4. The van der Waals surface area contributed by atoms with E-state index in [1.54, 1.807) is 38.7 Å². The van der Waals surface area contributed by atoms with Crippen LogP contribution < -0.4 is 20.7 Å². The summed E-state index contributed by atoms with van der Waals surface area (Å²) in [6, 6.07) is 5.48. The number of benzene rings is 1. The number of hydrogen-bond donors (Lipinski definition) is 0. The second-order valence-corrected chi connectivity index (χ2v) is 6.49. The predicted molar refractivity (Wildman–Crippen MR) is 105 cm³/mol. The van der Waals surface area contributed by atoms with Crippen LogP contribution in [0.1, 0.15) is 12.6 Å². The highest BCUT2D eigenvalue weighted by Gasteiger charge is 2.21. The van der Waals surface area contributed by atoms with Gasteiger partial charge in [0.05, 0.1) is 19.9 Å². The summed E-state index contributed by atoms with van der Waals surface area (Å²) in [5, 5.41) is 0. The lowest BCUT2D eigenvalue weighted by atomic mass is 10.2. The van der Waals surface area contributed by atoms with E-state index >= 15 is 0 Å². The monoisotopic (exact) mass is 383 g/mol. The van der Waals surface area contributed by atoms with Gasteiger partial charge in [0, 0.05) is 31.5 Å². The first kappa shape index (κ1) is 17.9. The zero-order valence-corrected chi connectivity index (χ0v) is 16.4. The number of methoxy groups -OCH3 is 2. The van der Waals surface area contributed by atoms with Gasteiger partial charge in [-0.1, -0.05) is 0 Å². The molecule has 0 amide bonds. The molecule has 0 saturated carbocycles. The molecule has 0 saturated heterocycles. The van der Waals surface area contributed by atoms with Crippen molar-refractivity contribution in [3.05, 3.63) is 50.9 Å². The number of ether oxygens (including phenoxy) is 2. The highest BCUT2D eigenvalue weighted by molar-refractivity contribution is 5.76. The molecule has 0 aliphatic rings. The van der Waals surface area contributed by atoms with Crippen molar-refractivity contribution in [3.8, 4) is 17.2 Å². The molecule has 1 aromatic carbocycles. The summed E-state index contributed by atoms with van der Waals surface area (Å²) < 4.78 is 17.0. The summed E-state index contributed by atoms with van der Waals surface area (Å²) in [5.74, 6) is 1.80. The Morgan fingerprint density at radius 1 is 1.14 bits per heavy atom. The highest BCUT2D eigenvalue weighted by atomic mass is 16.5. The molecule has 4 aromatic rings. The molecule has 28 heavy (non-hydrogen) atoms. The Morgan fingerprint density at radius 2 is 1.89 bits per heavy atom. The smallest absolute Gasteiger partial charge is 0.332 e. The van der Waals surface area contributed by atoms with Crippen LogP contribution in [0.4, 0.5) is 0 Å². The molecule has 4 rings (SSSR count). The van der Waals surface area contributed by atoms with Gasteiger partial charge in [-0.3, -0.25) is 22.9 Å². The van der Waals surface area contributed by atoms with Gasteiger partial charge in [0.25, 0.3) is 5.56 Å². The Labute approximate surface area is 160 Å². The van der Waals surface area contributed by atoms with E-state index in [9.17, 15) is 9.59 Å². The summed E-state index contributed by atoms with van der Waals surface area (Å²) in [7, 11) is 4.79. The van der Waals surface area contributed by atoms with Gasteiger partial charge < -0.3 is 9.47 Å². The number of hydrogen-bond acceptors (Lipinski definition) is 5. The maximum Gasteiger partial charge on any atom is 0.332 e. The normalized spacial score (nSPS) is 11.5. The zero-order chi connectivity index (χ0) is 20.2. The average molecular weight is 383 g/mol. The van der Waals surface area contributed by atoms with Crippen LogP contribution in [0.25, 0.3) is 22.6 Å². The topological polar surface area (TPSA) is 84.7 Å².